The summed E-state index contributed by atoms with van der Waals surface area (Å²) >= 11 is 0. The van der Waals surface area contributed by atoms with Crippen LogP contribution in [0.15, 0.2) is 188 Å². The summed E-state index contributed by atoms with van der Waals surface area (Å²) in [7, 11) is -2.90. The van der Waals surface area contributed by atoms with Crippen LogP contribution in [0.2, 0.25) is 0 Å². The second-order valence-electron chi connectivity index (χ2n) is 23.8. The van der Waals surface area contributed by atoms with Crippen LogP contribution in [-0.2, 0) is 21.7 Å². The maximum atomic E-state index is 5.72. The Morgan fingerprint density at radius 2 is 0.685 bits per heavy atom. The van der Waals surface area contributed by atoms with Gasteiger partial charge in [0.05, 0.1) is 22.1 Å². The van der Waals surface area contributed by atoms with Crippen molar-refractivity contribution < 1.29 is 0 Å². The van der Waals surface area contributed by atoms with Gasteiger partial charge in [-0.15, -0.1) is 0 Å². The molecule has 0 fully saturated rings. The lowest BCUT2D eigenvalue weighted by atomic mass is 9.63. The lowest BCUT2D eigenvalue weighted by Gasteiger charge is -2.42. The second-order valence-corrected chi connectivity index (χ2v) is 27.6. The molecule has 11 aromatic rings. The van der Waals surface area contributed by atoms with E-state index < -0.39 is 8.07 Å². The van der Waals surface area contributed by atoms with E-state index in [1.54, 1.807) is 0 Å². The van der Waals surface area contributed by atoms with Crippen LogP contribution in [0.4, 0.5) is 0 Å². The predicted molar refractivity (Wildman–Crippen MR) is 308 cm³/mol. The fraction of sp³-hybridized carbons (Fsp3) is 0.239. The first-order valence-corrected chi connectivity index (χ1v) is 28.4. The van der Waals surface area contributed by atoms with Crippen molar-refractivity contribution in [3.8, 4) is 23.3 Å². The first-order valence-electron chi connectivity index (χ1n) is 26.4. The molecule has 3 aromatic heterocycles. The molecule has 0 aliphatic heterocycles. The van der Waals surface area contributed by atoms with Crippen LogP contribution < -0.4 is 20.7 Å². The molecule has 0 N–H and O–H groups in total. The summed E-state index contributed by atoms with van der Waals surface area (Å²) < 4.78 is 4.67. The lowest BCUT2D eigenvalue weighted by Crippen LogP contribution is -2.74. The van der Waals surface area contributed by atoms with Gasteiger partial charge in [0.15, 0.2) is 13.9 Å². The molecule has 2 aliphatic rings. The first-order chi connectivity index (χ1) is 35.2. The van der Waals surface area contributed by atoms with Gasteiger partial charge in [0.25, 0.3) is 0 Å². The van der Waals surface area contributed by atoms with E-state index in [4.69, 9.17) is 15.0 Å². The van der Waals surface area contributed by atoms with Gasteiger partial charge in [-0.3, -0.25) is 9.13 Å². The predicted octanol–water partition coefficient (Wildman–Crippen LogP) is 13.8. The summed E-state index contributed by atoms with van der Waals surface area (Å²) in [6.07, 6.45) is 4.55. The molecule has 0 saturated carbocycles. The molecule has 0 spiro atoms. The molecule has 0 atom stereocenters. The largest absolute Gasteiger partial charge is 0.278 e. The minimum atomic E-state index is -2.90. The third-order valence-corrected chi connectivity index (χ3v) is 22.3. The minimum Gasteiger partial charge on any atom is -0.278 e. The van der Waals surface area contributed by atoms with E-state index in [-0.39, 0.29) is 21.7 Å². The Bertz CT molecular complexity index is 3700. The summed E-state index contributed by atoms with van der Waals surface area (Å²) in [5, 5.41) is 10.1. The van der Waals surface area contributed by atoms with Crippen LogP contribution in [0.3, 0.4) is 0 Å². The number of benzene rings is 8. The molecule has 6 heteroatoms. The highest BCUT2D eigenvalue weighted by atomic mass is 28.3. The number of rotatable bonds is 7. The molecule has 73 heavy (non-hydrogen) atoms. The molecule has 0 unspecified atom stereocenters. The quantitative estimate of drug-likeness (QED) is 0.118. The van der Waals surface area contributed by atoms with Crippen molar-refractivity contribution in [3.05, 3.63) is 210 Å². The third-order valence-electron chi connectivity index (χ3n) is 17.5. The van der Waals surface area contributed by atoms with Crippen molar-refractivity contribution in [2.24, 2.45) is 0 Å². The number of fused-ring (bicyclic) bond motifs is 8. The number of hydrogen-bond acceptors (Lipinski definition) is 3. The van der Waals surface area contributed by atoms with Gasteiger partial charge in [-0.25, -0.2) is 0 Å². The van der Waals surface area contributed by atoms with E-state index in [1.165, 1.54) is 64.5 Å². The molecule has 3 heterocycles. The van der Waals surface area contributed by atoms with Crippen LogP contribution >= 0.6 is 0 Å². The molecule has 2 aliphatic carbocycles. The highest BCUT2D eigenvalue weighted by molar-refractivity contribution is 7.19. The maximum absolute atomic E-state index is 5.72. The normalized spacial score (nSPS) is 16.7. The van der Waals surface area contributed by atoms with E-state index >= 15 is 0 Å². The Hall–Kier alpha value is -7.41. The highest BCUT2D eigenvalue weighted by Gasteiger charge is 2.43. The first kappa shape index (κ1) is 45.4. The molecule has 5 nitrogen and oxygen atoms in total. The van der Waals surface area contributed by atoms with Crippen LogP contribution in [-0.4, -0.2) is 32.2 Å². The van der Waals surface area contributed by atoms with Gasteiger partial charge in [0, 0.05) is 27.1 Å². The average molecular weight is 966 g/mol. The van der Waals surface area contributed by atoms with Crippen LogP contribution in [0.25, 0.3) is 66.9 Å². The van der Waals surface area contributed by atoms with Gasteiger partial charge in [-0.1, -0.05) is 207 Å². The summed E-state index contributed by atoms with van der Waals surface area (Å²) in [6.45, 7) is 19.3. The zero-order valence-corrected chi connectivity index (χ0v) is 44.5. The molecule has 13 rings (SSSR count). The van der Waals surface area contributed by atoms with E-state index in [2.05, 4.69) is 253 Å². The van der Waals surface area contributed by atoms with Crippen molar-refractivity contribution in [2.75, 3.05) is 0 Å². The van der Waals surface area contributed by atoms with Crippen molar-refractivity contribution in [1.82, 2.24) is 24.1 Å². The summed E-state index contributed by atoms with van der Waals surface area (Å²) in [5.41, 5.74) is 11.2. The van der Waals surface area contributed by atoms with Crippen LogP contribution in [0.5, 0.6) is 0 Å². The summed E-state index contributed by atoms with van der Waals surface area (Å²) in [5.74, 6) is 1.84. The van der Waals surface area contributed by atoms with Gasteiger partial charge >= 0.3 is 0 Å². The number of aromatic nitrogens is 5. The van der Waals surface area contributed by atoms with E-state index in [0.29, 0.717) is 17.7 Å². The van der Waals surface area contributed by atoms with Gasteiger partial charge in [0.2, 0.25) is 11.9 Å². The molecule has 360 valence electrons. The van der Waals surface area contributed by atoms with Crippen molar-refractivity contribution in [3.63, 3.8) is 0 Å². The SMILES string of the molecule is CC1(C)CCC(C)(C)c2cc3c(cc21)c1ccccc1n3-c1nc(-c2cccc([Si](c3ccccc3)(c3ccccc3)c3ccccc3)c2)nc(-n2c3ccccc3c3cc4c(cc32)C(C)(C)CCC4(C)C)n1. The Morgan fingerprint density at radius 3 is 1.10 bits per heavy atom. The number of nitrogens with zero attached hydrogens (tertiary/aromatic N) is 5. The van der Waals surface area contributed by atoms with Gasteiger partial charge in [-0.2, -0.15) is 15.0 Å². The lowest BCUT2D eigenvalue weighted by molar-refractivity contribution is 0.332. The summed E-state index contributed by atoms with van der Waals surface area (Å²) in [4.78, 5) is 17.1. The Balaban J connectivity index is 1.14. The molecule has 0 radical (unpaired) electrons. The van der Waals surface area contributed by atoms with Crippen LogP contribution in [0.1, 0.15) is 103 Å². The number of hydrogen-bond donors (Lipinski definition) is 0. The van der Waals surface area contributed by atoms with Crippen molar-refractivity contribution in [1.29, 1.82) is 0 Å². The standard InChI is InChI=1S/C67H63N5Si/c1-64(2)35-37-66(5,6)55-42-59-51(40-53(55)64)49-31-18-20-33-57(49)71(59)62-68-61(44-23-22-30-48(39-44)73(45-24-12-9-13-25-45,46-26-14-10-15-27-46)47-28-16-11-17-29-47)69-63(70-62)72-58-34-21-19-32-50(58)52-41-54-56(43-60(52)72)67(7,8)38-36-65(54,3)4/h9-34,39-43H,35-38H2,1-8H3. The molecular formula is C67H63N5Si. The minimum absolute atomic E-state index is 0.00723. The molecule has 0 bridgehead atoms. The topological polar surface area (TPSA) is 48.5 Å². The van der Waals surface area contributed by atoms with Gasteiger partial charge < -0.3 is 0 Å². The second kappa shape index (κ2) is 16.3. The van der Waals surface area contributed by atoms with E-state index in [1.807, 2.05) is 0 Å². The zero-order valence-electron chi connectivity index (χ0n) is 43.5. The van der Waals surface area contributed by atoms with Crippen LogP contribution in [0, 0.1) is 0 Å². The maximum Gasteiger partial charge on any atom is 0.240 e. The van der Waals surface area contributed by atoms with Gasteiger partial charge in [-0.05, 0) is 127 Å². The van der Waals surface area contributed by atoms with E-state index in [0.717, 1.165) is 53.3 Å². The molecule has 0 amide bonds. The average Bonchev–Trinajstić information content (AvgIpc) is 3.93. The Kier molecular flexibility index (Phi) is 10.1. The highest BCUT2D eigenvalue weighted by Crippen LogP contribution is 2.50. The molecule has 0 saturated heterocycles. The Labute approximate surface area is 430 Å². The summed E-state index contributed by atoms with van der Waals surface area (Å²) in [6, 6.07) is 70.2. The molecule has 8 aromatic carbocycles. The van der Waals surface area contributed by atoms with Crippen molar-refractivity contribution >= 4 is 72.4 Å². The molecular weight excluding hydrogens is 903 g/mol. The van der Waals surface area contributed by atoms with Gasteiger partial charge in [0.1, 0.15) is 0 Å². The monoisotopic (exact) mass is 965 g/mol. The number of para-hydroxylation sites is 2. The Morgan fingerprint density at radius 1 is 0.329 bits per heavy atom. The zero-order chi connectivity index (χ0) is 50.1. The third kappa shape index (κ3) is 6.97. The fourth-order valence-corrected chi connectivity index (χ4v) is 17.9. The smallest absolute Gasteiger partial charge is 0.240 e. The van der Waals surface area contributed by atoms with E-state index in [9.17, 15) is 0 Å². The fourth-order valence-electron chi connectivity index (χ4n) is 13.1. The van der Waals surface area contributed by atoms with Crippen molar-refractivity contribution in [2.45, 2.75) is 103 Å².